The second-order valence-electron chi connectivity index (χ2n) is 3.13. The Morgan fingerprint density at radius 1 is 1.44 bits per heavy atom. The molecule has 1 aromatic rings. The Morgan fingerprint density at radius 2 is 2.12 bits per heavy atom. The van der Waals surface area contributed by atoms with E-state index in [2.05, 4.69) is 4.98 Å². The molecule has 16 heavy (non-hydrogen) atoms. The van der Waals surface area contributed by atoms with E-state index in [4.69, 9.17) is 17.3 Å². The molecule has 7 heteroatoms. The van der Waals surface area contributed by atoms with Gasteiger partial charge in [-0.3, -0.25) is 0 Å². The fourth-order valence-corrected chi connectivity index (χ4v) is 1.48. The molecule has 90 valence electrons. The van der Waals surface area contributed by atoms with E-state index in [1.165, 1.54) is 12.3 Å². The maximum atomic E-state index is 12.3. The minimum absolute atomic E-state index is 0.0518. The van der Waals surface area contributed by atoms with Crippen LogP contribution >= 0.6 is 11.6 Å². The van der Waals surface area contributed by atoms with Crippen LogP contribution in [0.5, 0.6) is 0 Å². The van der Waals surface area contributed by atoms with Crippen molar-refractivity contribution in [2.45, 2.75) is 6.18 Å². The Labute approximate surface area is 96.0 Å². The lowest BCUT2D eigenvalue weighted by Crippen LogP contribution is -2.38. The molecule has 0 saturated carbocycles. The molecule has 0 aliphatic rings. The van der Waals surface area contributed by atoms with Crippen LogP contribution in [0.15, 0.2) is 18.3 Å². The Kier molecular flexibility index (Phi) is 4.37. The van der Waals surface area contributed by atoms with E-state index in [1.54, 1.807) is 6.07 Å². The minimum atomic E-state index is -4.31. The number of hydrogen-bond donors (Lipinski definition) is 1. The van der Waals surface area contributed by atoms with Crippen LogP contribution in [0.4, 0.5) is 19.0 Å². The third kappa shape index (κ3) is 3.86. The quantitative estimate of drug-likeness (QED) is 0.893. The van der Waals surface area contributed by atoms with Crippen molar-refractivity contribution in [3.63, 3.8) is 0 Å². The number of rotatable bonds is 4. The molecule has 3 nitrogen and oxygen atoms in total. The molecule has 1 heterocycles. The highest BCUT2D eigenvalue weighted by Gasteiger charge is 2.31. The molecule has 0 spiro atoms. The summed E-state index contributed by atoms with van der Waals surface area (Å²) in [5.41, 5.74) is 5.26. The van der Waals surface area contributed by atoms with E-state index in [0.717, 1.165) is 4.90 Å². The average molecular weight is 254 g/mol. The highest BCUT2D eigenvalue weighted by molar-refractivity contribution is 6.32. The van der Waals surface area contributed by atoms with Crippen molar-refractivity contribution >= 4 is 17.4 Å². The van der Waals surface area contributed by atoms with Gasteiger partial charge in [0.15, 0.2) is 0 Å². The summed E-state index contributed by atoms with van der Waals surface area (Å²) in [6.07, 6.45) is -2.92. The lowest BCUT2D eigenvalue weighted by atomic mass is 10.4. The van der Waals surface area contributed by atoms with E-state index in [9.17, 15) is 13.2 Å². The number of halogens is 4. The molecule has 0 fully saturated rings. The summed E-state index contributed by atoms with van der Waals surface area (Å²) in [7, 11) is 0. The fourth-order valence-electron chi connectivity index (χ4n) is 1.24. The minimum Gasteiger partial charge on any atom is -0.345 e. The average Bonchev–Trinajstić information content (AvgIpc) is 2.16. The van der Waals surface area contributed by atoms with Crippen molar-refractivity contribution in [2.75, 3.05) is 24.5 Å². The van der Waals surface area contributed by atoms with Gasteiger partial charge in [-0.1, -0.05) is 11.6 Å². The Hall–Kier alpha value is -1.01. The lowest BCUT2D eigenvalue weighted by Gasteiger charge is -2.24. The largest absolute Gasteiger partial charge is 0.405 e. The molecule has 0 amide bonds. The maximum Gasteiger partial charge on any atom is 0.405 e. The molecule has 0 aliphatic heterocycles. The van der Waals surface area contributed by atoms with Crippen LogP contribution in [0, 0.1) is 0 Å². The Bertz CT molecular complexity index is 343. The highest BCUT2D eigenvalue weighted by atomic mass is 35.5. The van der Waals surface area contributed by atoms with Crippen molar-refractivity contribution < 1.29 is 13.2 Å². The molecule has 0 atom stereocenters. The van der Waals surface area contributed by atoms with Crippen molar-refractivity contribution in [3.05, 3.63) is 23.4 Å². The van der Waals surface area contributed by atoms with Gasteiger partial charge in [0.1, 0.15) is 12.4 Å². The number of pyridine rings is 1. The first kappa shape index (κ1) is 13.1. The van der Waals surface area contributed by atoms with Crippen LogP contribution in [0.3, 0.4) is 0 Å². The topological polar surface area (TPSA) is 42.1 Å². The van der Waals surface area contributed by atoms with Gasteiger partial charge in [-0.25, -0.2) is 4.98 Å². The van der Waals surface area contributed by atoms with Crippen LogP contribution in [-0.4, -0.2) is 30.8 Å². The van der Waals surface area contributed by atoms with Crippen LogP contribution < -0.4 is 10.6 Å². The molecule has 0 aliphatic carbocycles. The lowest BCUT2D eigenvalue weighted by molar-refractivity contribution is -0.119. The molecule has 0 bridgehead atoms. The van der Waals surface area contributed by atoms with Gasteiger partial charge in [-0.2, -0.15) is 13.2 Å². The van der Waals surface area contributed by atoms with Crippen molar-refractivity contribution in [1.29, 1.82) is 0 Å². The summed E-state index contributed by atoms with van der Waals surface area (Å²) in [4.78, 5) is 4.84. The van der Waals surface area contributed by atoms with Gasteiger partial charge >= 0.3 is 6.18 Å². The molecule has 0 aromatic carbocycles. The first-order valence-electron chi connectivity index (χ1n) is 4.56. The summed E-state index contributed by atoms with van der Waals surface area (Å²) in [6.45, 7) is -0.958. The smallest absolute Gasteiger partial charge is 0.345 e. The zero-order valence-electron chi connectivity index (χ0n) is 8.34. The van der Waals surface area contributed by atoms with Gasteiger partial charge < -0.3 is 10.6 Å². The van der Waals surface area contributed by atoms with Gasteiger partial charge in [-0.05, 0) is 12.1 Å². The van der Waals surface area contributed by atoms with Crippen molar-refractivity contribution in [2.24, 2.45) is 5.73 Å². The molecular weight excluding hydrogens is 243 g/mol. The van der Waals surface area contributed by atoms with Gasteiger partial charge in [0, 0.05) is 19.3 Å². The third-order valence-electron chi connectivity index (χ3n) is 1.81. The SMILES string of the molecule is NCCN(CC(F)(F)F)c1ncccc1Cl. The van der Waals surface area contributed by atoms with Gasteiger partial charge in [0.25, 0.3) is 0 Å². The number of alkyl halides is 3. The predicted molar refractivity (Wildman–Crippen MR) is 56.6 cm³/mol. The molecule has 2 N–H and O–H groups in total. The first-order chi connectivity index (χ1) is 7.44. The van der Waals surface area contributed by atoms with E-state index in [1.807, 2.05) is 0 Å². The van der Waals surface area contributed by atoms with Crippen LogP contribution in [0.25, 0.3) is 0 Å². The van der Waals surface area contributed by atoms with Crippen LogP contribution in [0.2, 0.25) is 5.02 Å². The number of hydrogen-bond acceptors (Lipinski definition) is 3. The number of anilines is 1. The van der Waals surface area contributed by atoms with Crippen LogP contribution in [-0.2, 0) is 0 Å². The number of aromatic nitrogens is 1. The number of nitrogens with two attached hydrogens (primary N) is 1. The zero-order valence-corrected chi connectivity index (χ0v) is 9.09. The third-order valence-corrected chi connectivity index (χ3v) is 2.10. The molecule has 1 aromatic heterocycles. The normalized spacial score (nSPS) is 11.6. The standard InChI is InChI=1S/C9H11ClF3N3/c10-7-2-1-4-15-8(7)16(5-3-14)6-9(11,12)13/h1-2,4H,3,5-6,14H2. The second kappa shape index (κ2) is 5.36. The monoisotopic (exact) mass is 253 g/mol. The van der Waals surface area contributed by atoms with E-state index in [-0.39, 0.29) is 23.9 Å². The zero-order chi connectivity index (χ0) is 12.2. The number of nitrogens with zero attached hydrogens (tertiary/aromatic N) is 2. The summed E-state index contributed by atoms with van der Waals surface area (Å²) >= 11 is 5.77. The maximum absolute atomic E-state index is 12.3. The molecule has 1 rings (SSSR count). The molecular formula is C9H11ClF3N3. The van der Waals surface area contributed by atoms with Crippen molar-refractivity contribution in [1.82, 2.24) is 4.98 Å². The predicted octanol–water partition coefficient (Wildman–Crippen LogP) is 2.06. The van der Waals surface area contributed by atoms with Gasteiger partial charge in [-0.15, -0.1) is 0 Å². The summed E-state index contributed by atoms with van der Waals surface area (Å²) in [5, 5.41) is 0.181. The fraction of sp³-hybridized carbons (Fsp3) is 0.444. The summed E-state index contributed by atoms with van der Waals surface area (Å²) < 4.78 is 36.9. The van der Waals surface area contributed by atoms with Crippen molar-refractivity contribution in [3.8, 4) is 0 Å². The second-order valence-corrected chi connectivity index (χ2v) is 3.54. The van der Waals surface area contributed by atoms with E-state index >= 15 is 0 Å². The Morgan fingerprint density at radius 3 is 2.62 bits per heavy atom. The first-order valence-corrected chi connectivity index (χ1v) is 4.94. The van der Waals surface area contributed by atoms with E-state index < -0.39 is 12.7 Å². The van der Waals surface area contributed by atoms with Crippen LogP contribution in [0.1, 0.15) is 0 Å². The van der Waals surface area contributed by atoms with E-state index in [0.29, 0.717) is 0 Å². The van der Waals surface area contributed by atoms with Gasteiger partial charge in [0.2, 0.25) is 0 Å². The highest BCUT2D eigenvalue weighted by Crippen LogP contribution is 2.25. The van der Waals surface area contributed by atoms with Gasteiger partial charge in [0.05, 0.1) is 5.02 Å². The Balaban J connectivity index is 2.89. The molecule has 0 saturated heterocycles. The molecule has 0 radical (unpaired) electrons. The molecule has 0 unspecified atom stereocenters. The summed E-state index contributed by atoms with van der Waals surface area (Å²) in [6, 6.07) is 3.05. The summed E-state index contributed by atoms with van der Waals surface area (Å²) in [5.74, 6) is 0.104.